The molecule has 2 heterocycles. The zero-order chi connectivity index (χ0) is 21.5. The lowest BCUT2D eigenvalue weighted by Crippen LogP contribution is -2.41. The van der Waals surface area contributed by atoms with Crippen LogP contribution in [-0.4, -0.2) is 43.3 Å². The van der Waals surface area contributed by atoms with E-state index in [2.05, 4.69) is 32.4 Å². The van der Waals surface area contributed by atoms with Gasteiger partial charge in [-0.2, -0.15) is 0 Å². The van der Waals surface area contributed by atoms with Crippen molar-refractivity contribution in [2.45, 2.75) is 39.5 Å². The Morgan fingerprint density at radius 3 is 2.81 bits per heavy atom. The number of anilines is 1. The zero-order valence-corrected chi connectivity index (χ0v) is 20.4. The lowest BCUT2D eigenvalue weighted by atomic mass is 10.1. The topological polar surface area (TPSA) is 61.8 Å². The van der Waals surface area contributed by atoms with Crippen LogP contribution in [0.4, 0.5) is 14.6 Å². The number of halogens is 3. The van der Waals surface area contributed by atoms with Crippen molar-refractivity contribution in [1.29, 1.82) is 0 Å². The third kappa shape index (κ3) is 7.27. The molecule has 6 nitrogen and oxygen atoms in total. The van der Waals surface area contributed by atoms with Gasteiger partial charge >= 0.3 is 0 Å². The van der Waals surface area contributed by atoms with Gasteiger partial charge in [-0.25, -0.2) is 18.8 Å². The molecule has 2 unspecified atom stereocenters. The van der Waals surface area contributed by atoms with Crippen LogP contribution in [0.15, 0.2) is 41.5 Å². The van der Waals surface area contributed by atoms with Crippen molar-refractivity contribution in [2.24, 2.45) is 4.99 Å². The van der Waals surface area contributed by atoms with Crippen LogP contribution in [0.3, 0.4) is 0 Å². The molecule has 1 aliphatic heterocycles. The molecule has 1 fully saturated rings. The predicted molar refractivity (Wildman–Crippen MR) is 130 cm³/mol. The number of aliphatic imine (C=N–C) groups is 1. The summed E-state index contributed by atoms with van der Waals surface area (Å²) in [6, 6.07) is 7.66. The van der Waals surface area contributed by atoms with Crippen LogP contribution in [0.1, 0.15) is 37.9 Å². The number of nitrogens with one attached hydrogen (secondary N) is 2. The highest BCUT2D eigenvalue weighted by Crippen LogP contribution is 2.18. The van der Waals surface area contributed by atoms with E-state index >= 15 is 0 Å². The van der Waals surface area contributed by atoms with Gasteiger partial charge in [-0.15, -0.1) is 24.0 Å². The average Bonchev–Trinajstić information content (AvgIpc) is 2.74. The predicted octanol–water partition coefficient (Wildman–Crippen LogP) is 4.02. The van der Waals surface area contributed by atoms with Gasteiger partial charge in [0.1, 0.15) is 5.82 Å². The molecule has 0 saturated carbocycles. The van der Waals surface area contributed by atoms with Crippen LogP contribution in [0, 0.1) is 11.6 Å². The maximum absolute atomic E-state index is 13.5. The van der Waals surface area contributed by atoms with E-state index in [1.165, 1.54) is 6.07 Å². The first kappa shape index (κ1) is 25.3. The van der Waals surface area contributed by atoms with Crippen molar-refractivity contribution in [2.75, 3.05) is 31.1 Å². The van der Waals surface area contributed by atoms with Gasteiger partial charge in [0.05, 0.1) is 25.3 Å². The summed E-state index contributed by atoms with van der Waals surface area (Å²) in [6.45, 7) is 9.39. The van der Waals surface area contributed by atoms with Gasteiger partial charge in [-0.3, -0.25) is 0 Å². The number of rotatable bonds is 6. The van der Waals surface area contributed by atoms with Crippen LogP contribution in [0.5, 0.6) is 0 Å². The summed E-state index contributed by atoms with van der Waals surface area (Å²) in [4.78, 5) is 11.4. The Morgan fingerprint density at radius 1 is 1.29 bits per heavy atom. The summed E-state index contributed by atoms with van der Waals surface area (Å²) in [7, 11) is 0. The number of aromatic nitrogens is 1. The summed E-state index contributed by atoms with van der Waals surface area (Å²) in [5.74, 6) is -0.182. The summed E-state index contributed by atoms with van der Waals surface area (Å²) < 4.78 is 32.3. The molecule has 170 valence electrons. The summed E-state index contributed by atoms with van der Waals surface area (Å²) in [5, 5.41) is 6.43. The number of pyridine rings is 1. The molecule has 0 radical (unpaired) electrons. The molecule has 2 N–H and O–H groups in total. The maximum Gasteiger partial charge on any atom is 0.192 e. The molecule has 2 aromatic rings. The molecule has 0 amide bonds. The Hall–Kier alpha value is -2.01. The van der Waals surface area contributed by atoms with Crippen molar-refractivity contribution < 1.29 is 13.5 Å². The fourth-order valence-electron chi connectivity index (χ4n) is 3.32. The molecule has 0 bridgehead atoms. The number of morpholine rings is 1. The second kappa shape index (κ2) is 12.1. The molecule has 1 aromatic heterocycles. The maximum atomic E-state index is 13.5. The fraction of sp³-hybridized carbons (Fsp3) is 0.455. The van der Waals surface area contributed by atoms with E-state index in [0.717, 1.165) is 30.5 Å². The summed E-state index contributed by atoms with van der Waals surface area (Å²) >= 11 is 0. The smallest absolute Gasteiger partial charge is 0.192 e. The van der Waals surface area contributed by atoms with E-state index in [9.17, 15) is 8.78 Å². The monoisotopic (exact) mass is 545 g/mol. The van der Waals surface area contributed by atoms with E-state index < -0.39 is 11.6 Å². The second-order valence-electron chi connectivity index (χ2n) is 7.38. The number of hydrogen-bond acceptors (Lipinski definition) is 4. The molecule has 2 atom stereocenters. The van der Waals surface area contributed by atoms with Gasteiger partial charge in [0.2, 0.25) is 0 Å². The number of hydrogen-bond donors (Lipinski definition) is 2. The number of nitrogens with zero attached hydrogens (tertiary/aromatic N) is 3. The minimum Gasteiger partial charge on any atom is -0.375 e. The molecule has 0 spiro atoms. The van der Waals surface area contributed by atoms with Gasteiger partial charge in [0.15, 0.2) is 17.6 Å². The molecule has 31 heavy (non-hydrogen) atoms. The molecule has 1 aromatic carbocycles. The lowest BCUT2D eigenvalue weighted by molar-refractivity contribution is 0.0529. The van der Waals surface area contributed by atoms with Crippen molar-refractivity contribution in [3.8, 4) is 0 Å². The first-order valence-electron chi connectivity index (χ1n) is 10.3. The van der Waals surface area contributed by atoms with Crippen LogP contribution >= 0.6 is 24.0 Å². The minimum atomic E-state index is -0.857. The van der Waals surface area contributed by atoms with E-state index in [1.807, 2.05) is 26.0 Å². The highest BCUT2D eigenvalue weighted by molar-refractivity contribution is 14.0. The van der Waals surface area contributed by atoms with Gasteiger partial charge in [0.25, 0.3) is 0 Å². The Labute approximate surface area is 199 Å². The summed E-state index contributed by atoms with van der Waals surface area (Å²) in [6.07, 6.45) is 1.98. The van der Waals surface area contributed by atoms with Gasteiger partial charge in [0, 0.05) is 25.8 Å². The zero-order valence-electron chi connectivity index (χ0n) is 18.1. The SMILES string of the molecule is CCNC(=NCc1ccnc(N2CCOC(C)C2)c1)NC(C)c1ccc(F)c(F)c1.I. The number of guanidine groups is 1. The fourth-order valence-corrected chi connectivity index (χ4v) is 3.32. The molecule has 0 aliphatic carbocycles. The third-order valence-corrected chi connectivity index (χ3v) is 4.94. The molecule has 3 rings (SSSR count). The van der Waals surface area contributed by atoms with Gasteiger partial charge in [-0.05, 0) is 56.2 Å². The van der Waals surface area contributed by atoms with Crippen molar-refractivity contribution in [1.82, 2.24) is 15.6 Å². The van der Waals surface area contributed by atoms with Gasteiger partial charge < -0.3 is 20.3 Å². The lowest BCUT2D eigenvalue weighted by Gasteiger charge is -2.32. The Kier molecular flexibility index (Phi) is 9.89. The van der Waals surface area contributed by atoms with E-state index in [4.69, 9.17) is 4.74 Å². The van der Waals surface area contributed by atoms with Crippen molar-refractivity contribution in [3.63, 3.8) is 0 Å². The summed E-state index contributed by atoms with van der Waals surface area (Å²) in [5.41, 5.74) is 1.68. The van der Waals surface area contributed by atoms with Crippen LogP contribution in [-0.2, 0) is 11.3 Å². The molecule has 1 saturated heterocycles. The van der Waals surface area contributed by atoms with Crippen molar-refractivity contribution >= 4 is 35.8 Å². The van der Waals surface area contributed by atoms with E-state index in [0.29, 0.717) is 31.2 Å². The normalized spacial score (nSPS) is 17.6. The Morgan fingerprint density at radius 2 is 2.10 bits per heavy atom. The highest BCUT2D eigenvalue weighted by atomic mass is 127. The first-order chi connectivity index (χ1) is 14.5. The standard InChI is InChI=1S/C22H29F2N5O.HI/c1-4-25-22(28-16(3)18-5-6-19(23)20(24)12-18)27-13-17-7-8-26-21(11-17)29-9-10-30-15(2)14-29;/h5-8,11-12,15-16H,4,9-10,13-14H2,1-3H3,(H2,25,27,28);1H. The Bertz CT molecular complexity index is 883. The molecular formula is C22H30F2IN5O. The number of benzene rings is 1. The van der Waals surface area contributed by atoms with Crippen molar-refractivity contribution in [3.05, 3.63) is 59.3 Å². The van der Waals surface area contributed by atoms with E-state index in [-0.39, 0.29) is 36.1 Å². The highest BCUT2D eigenvalue weighted by Gasteiger charge is 2.18. The number of ether oxygens (including phenoxy) is 1. The molecule has 1 aliphatic rings. The molecule has 9 heteroatoms. The largest absolute Gasteiger partial charge is 0.375 e. The minimum absolute atomic E-state index is 0. The van der Waals surface area contributed by atoms with E-state index in [1.54, 1.807) is 12.3 Å². The van der Waals surface area contributed by atoms with Crippen LogP contribution < -0.4 is 15.5 Å². The van der Waals surface area contributed by atoms with Crippen LogP contribution in [0.25, 0.3) is 0 Å². The van der Waals surface area contributed by atoms with Crippen LogP contribution in [0.2, 0.25) is 0 Å². The first-order valence-corrected chi connectivity index (χ1v) is 10.3. The second-order valence-corrected chi connectivity index (χ2v) is 7.38. The Balaban J connectivity index is 0.00000341. The van der Waals surface area contributed by atoms with Gasteiger partial charge in [-0.1, -0.05) is 6.07 Å². The third-order valence-electron chi connectivity index (χ3n) is 4.94. The average molecular weight is 545 g/mol. The molecular weight excluding hydrogens is 515 g/mol. The quantitative estimate of drug-likeness (QED) is 0.327.